The van der Waals surface area contributed by atoms with Crippen LogP contribution in [0.1, 0.15) is 28.2 Å². The van der Waals surface area contributed by atoms with E-state index in [1.54, 1.807) is 23.1 Å². The third-order valence-corrected chi connectivity index (χ3v) is 6.10. The van der Waals surface area contributed by atoms with Gasteiger partial charge in [-0.1, -0.05) is 59.8 Å². The minimum atomic E-state index is 0.795. The average molecular weight is 407 g/mol. The highest BCUT2D eigenvalue weighted by Crippen LogP contribution is 2.26. The molecule has 0 radical (unpaired) electrons. The van der Waals surface area contributed by atoms with Gasteiger partial charge in [-0.05, 0) is 31.5 Å². The van der Waals surface area contributed by atoms with Gasteiger partial charge in [0.2, 0.25) is 0 Å². The molecule has 0 amide bonds. The fourth-order valence-electron chi connectivity index (χ4n) is 2.83. The molecular formula is C22H22N4S2. The van der Waals surface area contributed by atoms with Crippen LogP contribution in [0.25, 0.3) is 0 Å². The van der Waals surface area contributed by atoms with E-state index < -0.39 is 0 Å². The third kappa shape index (κ3) is 4.82. The van der Waals surface area contributed by atoms with Crippen LogP contribution in [0.15, 0.2) is 65.1 Å². The maximum Gasteiger partial charge on any atom is 0.187 e. The van der Waals surface area contributed by atoms with Crippen molar-refractivity contribution in [1.82, 2.24) is 15.0 Å². The lowest BCUT2D eigenvalue weighted by atomic mass is 10.1. The van der Waals surface area contributed by atoms with Crippen LogP contribution < -0.4 is 5.32 Å². The average Bonchev–Trinajstić information content (AvgIpc) is 3.29. The molecule has 2 N–H and O–H groups in total. The first-order chi connectivity index (χ1) is 13.7. The van der Waals surface area contributed by atoms with Gasteiger partial charge in [0.25, 0.3) is 0 Å². The molecule has 0 unspecified atom stereocenters. The summed E-state index contributed by atoms with van der Waals surface area (Å²) in [6.07, 6.45) is 0.852. The van der Waals surface area contributed by atoms with Gasteiger partial charge in [-0.3, -0.25) is 0 Å². The van der Waals surface area contributed by atoms with Crippen LogP contribution in [-0.4, -0.2) is 15.0 Å². The maximum atomic E-state index is 4.77. The number of aryl methyl sites for hydroxylation is 2. The number of benzene rings is 2. The Hall–Kier alpha value is -2.57. The Morgan fingerprint density at radius 2 is 1.79 bits per heavy atom. The van der Waals surface area contributed by atoms with Crippen molar-refractivity contribution < 1.29 is 0 Å². The smallest absolute Gasteiger partial charge is 0.187 e. The van der Waals surface area contributed by atoms with Crippen molar-refractivity contribution in [3.63, 3.8) is 0 Å². The molecule has 0 aliphatic heterocycles. The van der Waals surface area contributed by atoms with Crippen molar-refractivity contribution in [2.45, 2.75) is 31.2 Å². The van der Waals surface area contributed by atoms with Crippen LogP contribution in [-0.2, 0) is 12.2 Å². The van der Waals surface area contributed by atoms with Gasteiger partial charge in [-0.25, -0.2) is 9.97 Å². The number of H-pyrrole nitrogens is 1. The van der Waals surface area contributed by atoms with E-state index in [9.17, 15) is 0 Å². The molecule has 0 saturated heterocycles. The fraction of sp³-hybridized carbons (Fsp3) is 0.182. The summed E-state index contributed by atoms with van der Waals surface area (Å²) in [4.78, 5) is 12.9. The summed E-state index contributed by atoms with van der Waals surface area (Å²) in [5.41, 5.74) is 6.89. The molecule has 0 fully saturated rings. The lowest BCUT2D eigenvalue weighted by Crippen LogP contribution is -1.91. The van der Waals surface area contributed by atoms with E-state index in [1.807, 2.05) is 6.07 Å². The molecule has 0 bridgehead atoms. The Kier molecular flexibility index (Phi) is 5.78. The summed E-state index contributed by atoms with van der Waals surface area (Å²) in [6.45, 7) is 4.17. The first kappa shape index (κ1) is 18.8. The lowest BCUT2D eigenvalue weighted by Gasteiger charge is -2.02. The number of anilines is 2. The Morgan fingerprint density at radius 1 is 1.00 bits per heavy atom. The van der Waals surface area contributed by atoms with Gasteiger partial charge in [0.05, 0.1) is 11.4 Å². The zero-order chi connectivity index (χ0) is 19.3. The Morgan fingerprint density at radius 3 is 2.57 bits per heavy atom. The first-order valence-electron chi connectivity index (χ1n) is 9.16. The Bertz CT molecular complexity index is 1040. The molecule has 2 aromatic heterocycles. The normalized spacial score (nSPS) is 10.9. The van der Waals surface area contributed by atoms with Crippen LogP contribution in [0.4, 0.5) is 10.8 Å². The van der Waals surface area contributed by atoms with E-state index in [4.69, 9.17) is 4.98 Å². The van der Waals surface area contributed by atoms with Gasteiger partial charge in [-0.15, -0.1) is 11.3 Å². The largest absolute Gasteiger partial charge is 0.337 e. The van der Waals surface area contributed by atoms with Crippen molar-refractivity contribution in [1.29, 1.82) is 0 Å². The van der Waals surface area contributed by atoms with E-state index >= 15 is 0 Å². The fourth-order valence-corrected chi connectivity index (χ4v) is 4.50. The Labute approximate surface area is 173 Å². The van der Waals surface area contributed by atoms with Gasteiger partial charge in [0.1, 0.15) is 0 Å². The number of thioether (sulfide) groups is 1. The summed E-state index contributed by atoms with van der Waals surface area (Å²) in [6, 6.07) is 18.8. The molecular weight excluding hydrogens is 384 g/mol. The number of aromatic amines is 1. The summed E-state index contributed by atoms with van der Waals surface area (Å²) >= 11 is 3.32. The standard InChI is InChI=1S/C22H22N4S2/c1-15-8-10-18(11-9-15)24-22-25-19(14-28-22)13-27-21-23-16(2)20(26-21)12-17-6-4-3-5-7-17/h3-11,14H,12-13H2,1-2H3,(H,23,26)(H,24,25). The van der Waals surface area contributed by atoms with E-state index in [-0.39, 0.29) is 0 Å². The van der Waals surface area contributed by atoms with E-state index in [0.29, 0.717) is 0 Å². The second kappa shape index (κ2) is 8.63. The minimum Gasteiger partial charge on any atom is -0.337 e. The molecule has 4 nitrogen and oxygen atoms in total. The minimum absolute atomic E-state index is 0.795. The molecule has 0 spiro atoms. The highest BCUT2D eigenvalue weighted by Gasteiger charge is 2.10. The van der Waals surface area contributed by atoms with Crippen molar-refractivity contribution in [2.75, 3.05) is 5.32 Å². The van der Waals surface area contributed by atoms with Crippen molar-refractivity contribution in [2.24, 2.45) is 0 Å². The lowest BCUT2D eigenvalue weighted by molar-refractivity contribution is 1.01. The molecule has 0 saturated carbocycles. The second-order valence-corrected chi connectivity index (χ2v) is 8.52. The van der Waals surface area contributed by atoms with Gasteiger partial charge in [0.15, 0.2) is 10.3 Å². The highest BCUT2D eigenvalue weighted by atomic mass is 32.2. The second-order valence-electron chi connectivity index (χ2n) is 6.70. The van der Waals surface area contributed by atoms with E-state index in [1.165, 1.54) is 11.1 Å². The quantitative estimate of drug-likeness (QED) is 0.364. The summed E-state index contributed by atoms with van der Waals surface area (Å²) in [5.74, 6) is 0.795. The molecule has 28 heavy (non-hydrogen) atoms. The van der Waals surface area contributed by atoms with Crippen molar-refractivity contribution >= 4 is 33.9 Å². The van der Waals surface area contributed by atoms with E-state index in [2.05, 4.69) is 83.0 Å². The van der Waals surface area contributed by atoms with Gasteiger partial charge < -0.3 is 10.3 Å². The van der Waals surface area contributed by atoms with Crippen LogP contribution in [0, 0.1) is 13.8 Å². The highest BCUT2D eigenvalue weighted by molar-refractivity contribution is 7.98. The summed E-state index contributed by atoms with van der Waals surface area (Å²) in [7, 11) is 0. The molecule has 0 atom stereocenters. The molecule has 4 aromatic rings. The van der Waals surface area contributed by atoms with Crippen molar-refractivity contribution in [3.05, 3.63) is 88.2 Å². The summed E-state index contributed by atoms with van der Waals surface area (Å²) < 4.78 is 0. The number of nitrogens with zero attached hydrogens (tertiary/aromatic N) is 2. The molecule has 0 aliphatic rings. The number of aromatic nitrogens is 3. The Balaban J connectivity index is 1.35. The molecule has 4 rings (SSSR count). The number of nitrogens with one attached hydrogen (secondary N) is 2. The first-order valence-corrected chi connectivity index (χ1v) is 11.0. The summed E-state index contributed by atoms with van der Waals surface area (Å²) in [5, 5.41) is 7.33. The predicted octanol–water partition coefficient (Wildman–Crippen LogP) is 6.11. The molecule has 142 valence electrons. The van der Waals surface area contributed by atoms with Crippen LogP contribution >= 0.6 is 23.1 Å². The van der Waals surface area contributed by atoms with Crippen molar-refractivity contribution in [3.8, 4) is 0 Å². The molecule has 2 heterocycles. The van der Waals surface area contributed by atoms with Crippen LogP contribution in [0.2, 0.25) is 0 Å². The van der Waals surface area contributed by atoms with Gasteiger partial charge >= 0.3 is 0 Å². The van der Waals surface area contributed by atoms with Gasteiger partial charge in [0, 0.05) is 28.9 Å². The van der Waals surface area contributed by atoms with Crippen LogP contribution in [0.5, 0.6) is 0 Å². The number of hydrogen-bond donors (Lipinski definition) is 2. The molecule has 6 heteroatoms. The molecule has 0 aliphatic carbocycles. The molecule has 2 aromatic carbocycles. The number of rotatable bonds is 7. The van der Waals surface area contributed by atoms with Gasteiger partial charge in [-0.2, -0.15) is 0 Å². The number of imidazole rings is 1. The number of hydrogen-bond acceptors (Lipinski definition) is 5. The number of thiazole rings is 1. The zero-order valence-corrected chi connectivity index (χ0v) is 17.5. The van der Waals surface area contributed by atoms with Crippen LogP contribution in [0.3, 0.4) is 0 Å². The predicted molar refractivity (Wildman–Crippen MR) is 119 cm³/mol. The topological polar surface area (TPSA) is 53.6 Å². The third-order valence-electron chi connectivity index (χ3n) is 4.39. The maximum absolute atomic E-state index is 4.77. The SMILES string of the molecule is Cc1ccc(Nc2nc(CSc3nc(Cc4ccccc4)c(C)[nH]3)cs2)cc1. The van der Waals surface area contributed by atoms with E-state index in [0.717, 1.165) is 45.2 Å². The monoisotopic (exact) mass is 406 g/mol. The zero-order valence-electron chi connectivity index (χ0n) is 15.9.